The molecule has 3 nitrogen and oxygen atoms in total. The summed E-state index contributed by atoms with van der Waals surface area (Å²) in [5.41, 5.74) is 3.96. The molecule has 0 spiro atoms. The maximum absolute atomic E-state index is 12.5. The summed E-state index contributed by atoms with van der Waals surface area (Å²) in [6, 6.07) is 11.8. The third-order valence-corrected chi connectivity index (χ3v) is 5.42. The van der Waals surface area contributed by atoms with E-state index in [1.54, 1.807) is 11.8 Å². The molecular formula is C17H16N2OS2. The highest BCUT2D eigenvalue weighted by Gasteiger charge is 2.14. The Morgan fingerprint density at radius 2 is 1.86 bits per heavy atom. The predicted molar refractivity (Wildman–Crippen MR) is 95.3 cm³/mol. The van der Waals surface area contributed by atoms with Crippen LogP contribution in [0, 0.1) is 13.8 Å². The van der Waals surface area contributed by atoms with Crippen molar-refractivity contribution in [3.05, 3.63) is 53.1 Å². The Hall–Kier alpha value is -1.85. The van der Waals surface area contributed by atoms with E-state index < -0.39 is 0 Å². The van der Waals surface area contributed by atoms with Gasteiger partial charge in [0.2, 0.25) is 0 Å². The van der Waals surface area contributed by atoms with Crippen LogP contribution < -0.4 is 5.32 Å². The van der Waals surface area contributed by atoms with Gasteiger partial charge < -0.3 is 0 Å². The van der Waals surface area contributed by atoms with E-state index in [0.29, 0.717) is 10.7 Å². The summed E-state index contributed by atoms with van der Waals surface area (Å²) in [4.78, 5) is 18.0. The second kappa shape index (κ2) is 6.10. The SMILES string of the molecule is CSc1ccccc1C(=O)Nc1nc2c(C)ccc(C)c2s1. The van der Waals surface area contributed by atoms with Crippen LogP contribution in [0.4, 0.5) is 5.13 Å². The summed E-state index contributed by atoms with van der Waals surface area (Å²) >= 11 is 3.09. The average molecular weight is 328 g/mol. The van der Waals surface area contributed by atoms with Gasteiger partial charge in [0.1, 0.15) is 0 Å². The molecule has 1 amide bonds. The maximum Gasteiger partial charge on any atom is 0.258 e. The van der Waals surface area contributed by atoms with E-state index in [0.717, 1.165) is 20.7 Å². The van der Waals surface area contributed by atoms with E-state index >= 15 is 0 Å². The lowest BCUT2D eigenvalue weighted by molar-refractivity contribution is 0.102. The molecule has 3 rings (SSSR count). The molecular weight excluding hydrogens is 312 g/mol. The van der Waals surface area contributed by atoms with Crippen LogP contribution in [0.2, 0.25) is 0 Å². The van der Waals surface area contributed by atoms with E-state index in [1.807, 2.05) is 37.4 Å². The molecule has 0 fully saturated rings. The molecule has 1 heterocycles. The van der Waals surface area contributed by atoms with E-state index in [9.17, 15) is 4.79 Å². The smallest absolute Gasteiger partial charge is 0.258 e. The van der Waals surface area contributed by atoms with Crippen molar-refractivity contribution in [1.29, 1.82) is 0 Å². The molecule has 0 atom stereocenters. The van der Waals surface area contributed by atoms with Gasteiger partial charge in [0.15, 0.2) is 5.13 Å². The van der Waals surface area contributed by atoms with Crippen molar-refractivity contribution >= 4 is 44.4 Å². The molecule has 1 N–H and O–H groups in total. The highest BCUT2D eigenvalue weighted by molar-refractivity contribution is 7.98. The van der Waals surface area contributed by atoms with Gasteiger partial charge in [-0.3, -0.25) is 10.1 Å². The van der Waals surface area contributed by atoms with Crippen molar-refractivity contribution in [2.45, 2.75) is 18.7 Å². The van der Waals surface area contributed by atoms with Crippen LogP contribution in [0.3, 0.4) is 0 Å². The predicted octanol–water partition coefficient (Wildman–Crippen LogP) is 4.89. The molecule has 2 aromatic carbocycles. The Bertz CT molecular complexity index is 816. The number of thioether (sulfide) groups is 1. The number of fused-ring (bicyclic) bond motifs is 1. The summed E-state index contributed by atoms with van der Waals surface area (Å²) in [7, 11) is 0. The molecule has 0 saturated heterocycles. The number of carbonyl (C=O) groups excluding carboxylic acids is 1. The first-order valence-corrected chi connectivity index (χ1v) is 8.95. The van der Waals surface area contributed by atoms with E-state index in [2.05, 4.69) is 29.4 Å². The summed E-state index contributed by atoms with van der Waals surface area (Å²) in [5, 5.41) is 3.58. The highest BCUT2D eigenvalue weighted by Crippen LogP contribution is 2.31. The van der Waals surface area contributed by atoms with Crippen molar-refractivity contribution in [3.8, 4) is 0 Å². The minimum Gasteiger partial charge on any atom is -0.298 e. The lowest BCUT2D eigenvalue weighted by Gasteiger charge is -2.05. The number of nitrogens with one attached hydrogen (secondary N) is 1. The minimum absolute atomic E-state index is 0.112. The molecule has 0 aliphatic carbocycles. The van der Waals surface area contributed by atoms with Crippen LogP contribution in [-0.4, -0.2) is 17.1 Å². The first kappa shape index (κ1) is 15.1. The van der Waals surface area contributed by atoms with E-state index in [1.165, 1.54) is 16.9 Å². The van der Waals surface area contributed by atoms with Gasteiger partial charge in [0.25, 0.3) is 5.91 Å². The van der Waals surface area contributed by atoms with Crippen molar-refractivity contribution in [2.24, 2.45) is 0 Å². The average Bonchev–Trinajstić information content (AvgIpc) is 2.96. The largest absolute Gasteiger partial charge is 0.298 e. The Morgan fingerprint density at radius 3 is 2.59 bits per heavy atom. The number of benzene rings is 2. The zero-order valence-electron chi connectivity index (χ0n) is 12.6. The number of carbonyl (C=O) groups is 1. The third kappa shape index (κ3) is 2.74. The van der Waals surface area contributed by atoms with Gasteiger partial charge in [0, 0.05) is 4.90 Å². The molecule has 0 aliphatic rings. The van der Waals surface area contributed by atoms with Gasteiger partial charge in [-0.2, -0.15) is 0 Å². The Kier molecular flexibility index (Phi) is 4.18. The number of nitrogens with zero attached hydrogens (tertiary/aromatic N) is 1. The number of rotatable bonds is 3. The number of aryl methyl sites for hydroxylation is 2. The summed E-state index contributed by atoms with van der Waals surface area (Å²) in [6.45, 7) is 4.10. The van der Waals surface area contributed by atoms with Gasteiger partial charge in [-0.05, 0) is 43.4 Å². The Balaban J connectivity index is 1.95. The molecule has 1 aromatic heterocycles. The normalized spacial score (nSPS) is 10.9. The van der Waals surface area contributed by atoms with Crippen molar-refractivity contribution in [2.75, 3.05) is 11.6 Å². The lowest BCUT2D eigenvalue weighted by Crippen LogP contribution is -2.12. The van der Waals surface area contributed by atoms with Crippen LogP contribution in [-0.2, 0) is 0 Å². The van der Waals surface area contributed by atoms with Gasteiger partial charge in [-0.25, -0.2) is 4.98 Å². The number of anilines is 1. The molecule has 0 aliphatic heterocycles. The number of hydrogen-bond acceptors (Lipinski definition) is 4. The summed E-state index contributed by atoms with van der Waals surface area (Å²) < 4.78 is 1.13. The lowest BCUT2D eigenvalue weighted by atomic mass is 10.1. The number of aromatic nitrogens is 1. The molecule has 22 heavy (non-hydrogen) atoms. The van der Waals surface area contributed by atoms with Gasteiger partial charge in [-0.15, -0.1) is 11.8 Å². The van der Waals surface area contributed by atoms with Crippen LogP contribution in [0.5, 0.6) is 0 Å². The topological polar surface area (TPSA) is 42.0 Å². The Morgan fingerprint density at radius 1 is 1.14 bits per heavy atom. The third-order valence-electron chi connectivity index (χ3n) is 3.51. The molecule has 3 aromatic rings. The summed E-state index contributed by atoms with van der Waals surface area (Å²) in [5.74, 6) is -0.112. The van der Waals surface area contributed by atoms with Gasteiger partial charge in [0.05, 0.1) is 15.8 Å². The Labute approximate surface area is 137 Å². The van der Waals surface area contributed by atoms with Gasteiger partial charge in [-0.1, -0.05) is 35.6 Å². The molecule has 0 bridgehead atoms. The van der Waals surface area contributed by atoms with E-state index in [4.69, 9.17) is 0 Å². The van der Waals surface area contributed by atoms with E-state index in [-0.39, 0.29) is 5.91 Å². The number of amides is 1. The van der Waals surface area contributed by atoms with Crippen molar-refractivity contribution < 1.29 is 4.79 Å². The maximum atomic E-state index is 12.5. The second-order valence-electron chi connectivity index (χ2n) is 5.05. The molecule has 5 heteroatoms. The van der Waals surface area contributed by atoms with Crippen LogP contribution in [0.1, 0.15) is 21.5 Å². The number of thiazole rings is 1. The van der Waals surface area contributed by atoms with Crippen molar-refractivity contribution in [3.63, 3.8) is 0 Å². The van der Waals surface area contributed by atoms with Crippen molar-refractivity contribution in [1.82, 2.24) is 4.98 Å². The monoisotopic (exact) mass is 328 g/mol. The number of hydrogen-bond donors (Lipinski definition) is 1. The molecule has 0 radical (unpaired) electrons. The first-order valence-electron chi connectivity index (χ1n) is 6.91. The van der Waals surface area contributed by atoms with Crippen LogP contribution in [0.15, 0.2) is 41.3 Å². The molecule has 0 saturated carbocycles. The molecule has 0 unspecified atom stereocenters. The fourth-order valence-corrected chi connectivity index (χ4v) is 3.91. The zero-order valence-corrected chi connectivity index (χ0v) is 14.3. The summed E-state index contributed by atoms with van der Waals surface area (Å²) in [6.07, 6.45) is 1.97. The second-order valence-corrected chi connectivity index (χ2v) is 6.90. The fraction of sp³-hybridized carbons (Fsp3) is 0.176. The van der Waals surface area contributed by atoms with Crippen LogP contribution >= 0.6 is 23.1 Å². The fourth-order valence-electron chi connectivity index (χ4n) is 2.31. The highest BCUT2D eigenvalue weighted by atomic mass is 32.2. The van der Waals surface area contributed by atoms with Gasteiger partial charge >= 0.3 is 0 Å². The standard InChI is InChI=1S/C17H16N2OS2/c1-10-8-9-11(2)15-14(10)18-17(22-15)19-16(20)12-6-4-5-7-13(12)21-3/h4-9H,1-3H3,(H,18,19,20). The molecule has 112 valence electrons. The minimum atomic E-state index is -0.112. The zero-order chi connectivity index (χ0) is 15.7. The first-order chi connectivity index (χ1) is 10.6. The quantitative estimate of drug-likeness (QED) is 0.696. The van der Waals surface area contributed by atoms with Crippen LogP contribution in [0.25, 0.3) is 10.2 Å².